The molecule has 1 saturated heterocycles. The minimum absolute atomic E-state index is 0.0315. The third-order valence-electron chi connectivity index (χ3n) is 3.34. The summed E-state index contributed by atoms with van der Waals surface area (Å²) in [5.74, 6) is -0.157. The van der Waals surface area contributed by atoms with Gasteiger partial charge in [-0.1, -0.05) is 5.21 Å². The molecule has 116 valence electrons. The van der Waals surface area contributed by atoms with Crippen molar-refractivity contribution in [3.63, 3.8) is 0 Å². The Hall–Kier alpha value is -2.16. The normalized spacial score (nSPS) is 15.2. The van der Waals surface area contributed by atoms with Gasteiger partial charge in [0.1, 0.15) is 0 Å². The summed E-state index contributed by atoms with van der Waals surface area (Å²) in [7, 11) is 3.44. The molecule has 2 N–H and O–H groups in total. The van der Waals surface area contributed by atoms with E-state index in [2.05, 4.69) is 10.3 Å². The molecule has 0 aliphatic carbocycles. The van der Waals surface area contributed by atoms with Crippen LogP contribution in [0.3, 0.4) is 0 Å². The van der Waals surface area contributed by atoms with Crippen molar-refractivity contribution in [2.24, 2.45) is 5.73 Å². The number of aromatic nitrogens is 3. The first kappa shape index (κ1) is 15.2. The van der Waals surface area contributed by atoms with Crippen molar-refractivity contribution in [1.29, 1.82) is 0 Å². The number of carbonyl (C=O) groups excluding carboxylic acids is 2. The molecule has 3 amide bonds. The van der Waals surface area contributed by atoms with Gasteiger partial charge in [-0.25, -0.2) is 4.79 Å². The summed E-state index contributed by atoms with van der Waals surface area (Å²) in [5, 5.41) is 7.73. The molecule has 1 fully saturated rings. The predicted octanol–water partition coefficient (Wildman–Crippen LogP) is -1.32. The van der Waals surface area contributed by atoms with Gasteiger partial charge in [-0.15, -0.1) is 5.10 Å². The van der Waals surface area contributed by atoms with Gasteiger partial charge in [0, 0.05) is 46.8 Å². The van der Waals surface area contributed by atoms with Crippen LogP contribution in [0.4, 0.5) is 4.79 Å². The average molecular weight is 295 g/mol. The summed E-state index contributed by atoms with van der Waals surface area (Å²) in [6.07, 6.45) is 1.60. The Morgan fingerprint density at radius 2 is 1.86 bits per heavy atom. The monoisotopic (exact) mass is 295 g/mol. The first-order valence-electron chi connectivity index (χ1n) is 6.88. The van der Waals surface area contributed by atoms with Gasteiger partial charge >= 0.3 is 6.03 Å². The minimum atomic E-state index is -0.157. The highest BCUT2D eigenvalue weighted by molar-refractivity contribution is 5.92. The number of hydrogen-bond acceptors (Lipinski definition) is 5. The molecule has 0 radical (unpaired) electrons. The maximum absolute atomic E-state index is 12.3. The van der Waals surface area contributed by atoms with Gasteiger partial charge in [-0.2, -0.15) is 0 Å². The number of urea groups is 1. The van der Waals surface area contributed by atoms with Gasteiger partial charge in [-0.05, 0) is 0 Å². The predicted molar refractivity (Wildman–Crippen MR) is 75.6 cm³/mol. The molecule has 1 aromatic rings. The molecule has 1 aromatic heterocycles. The number of piperazine rings is 1. The Morgan fingerprint density at radius 3 is 2.43 bits per heavy atom. The van der Waals surface area contributed by atoms with Crippen LogP contribution in [0.25, 0.3) is 0 Å². The second-order valence-electron chi connectivity index (χ2n) is 5.11. The topological polar surface area (TPSA) is 101 Å². The quantitative estimate of drug-likeness (QED) is 0.745. The van der Waals surface area contributed by atoms with Crippen LogP contribution in [0.2, 0.25) is 0 Å². The highest BCUT2D eigenvalue weighted by Crippen LogP contribution is 2.08. The highest BCUT2D eigenvalue weighted by atomic mass is 16.2. The molecule has 0 aromatic carbocycles. The summed E-state index contributed by atoms with van der Waals surface area (Å²) in [6.45, 7) is 3.04. The van der Waals surface area contributed by atoms with E-state index in [0.29, 0.717) is 45.0 Å². The standard InChI is InChI=1S/C12H21N7O2/c1-16(2)12(21)18-7-5-17(6-8-18)11(20)10-9-19(4-3-13)15-14-10/h9H,3-8,13H2,1-2H3. The molecular formula is C12H21N7O2. The van der Waals surface area contributed by atoms with E-state index in [1.807, 2.05) is 0 Å². The van der Waals surface area contributed by atoms with E-state index in [4.69, 9.17) is 5.73 Å². The van der Waals surface area contributed by atoms with Crippen LogP contribution < -0.4 is 5.73 Å². The molecule has 0 spiro atoms. The van der Waals surface area contributed by atoms with E-state index in [1.54, 1.807) is 34.8 Å². The SMILES string of the molecule is CN(C)C(=O)N1CCN(C(=O)c2cn(CCN)nn2)CC1. The summed E-state index contributed by atoms with van der Waals surface area (Å²) in [5.41, 5.74) is 5.75. The molecule has 9 nitrogen and oxygen atoms in total. The van der Waals surface area contributed by atoms with Crippen LogP contribution >= 0.6 is 0 Å². The van der Waals surface area contributed by atoms with Gasteiger partial charge in [0.2, 0.25) is 0 Å². The van der Waals surface area contributed by atoms with Gasteiger partial charge in [0.25, 0.3) is 5.91 Å². The molecule has 2 rings (SSSR count). The minimum Gasteiger partial charge on any atom is -0.334 e. The number of nitrogens with two attached hydrogens (primary N) is 1. The smallest absolute Gasteiger partial charge is 0.319 e. The zero-order valence-corrected chi connectivity index (χ0v) is 12.4. The first-order chi connectivity index (χ1) is 10.0. The average Bonchev–Trinajstić information content (AvgIpc) is 2.95. The third kappa shape index (κ3) is 3.48. The molecule has 1 aliphatic heterocycles. The van der Waals surface area contributed by atoms with E-state index in [0.717, 1.165) is 0 Å². The zero-order chi connectivity index (χ0) is 15.4. The molecule has 1 aliphatic rings. The molecule has 21 heavy (non-hydrogen) atoms. The van der Waals surface area contributed by atoms with Crippen LogP contribution in [0.5, 0.6) is 0 Å². The van der Waals surface area contributed by atoms with Crippen LogP contribution in [0, 0.1) is 0 Å². The van der Waals surface area contributed by atoms with Crippen molar-refractivity contribution in [2.45, 2.75) is 6.54 Å². The first-order valence-corrected chi connectivity index (χ1v) is 6.88. The highest BCUT2D eigenvalue weighted by Gasteiger charge is 2.26. The summed E-state index contributed by atoms with van der Waals surface area (Å²) >= 11 is 0. The molecule has 0 saturated carbocycles. The Balaban J connectivity index is 1.92. The van der Waals surface area contributed by atoms with Crippen molar-refractivity contribution < 1.29 is 9.59 Å². The van der Waals surface area contributed by atoms with Crippen molar-refractivity contribution in [3.8, 4) is 0 Å². The van der Waals surface area contributed by atoms with Crippen LogP contribution in [-0.2, 0) is 6.54 Å². The van der Waals surface area contributed by atoms with E-state index < -0.39 is 0 Å². The maximum Gasteiger partial charge on any atom is 0.319 e. The Labute approximate surface area is 123 Å². The van der Waals surface area contributed by atoms with Gasteiger partial charge in [0.15, 0.2) is 5.69 Å². The lowest BCUT2D eigenvalue weighted by molar-refractivity contribution is 0.0644. The van der Waals surface area contributed by atoms with Crippen molar-refractivity contribution in [1.82, 2.24) is 29.7 Å². The maximum atomic E-state index is 12.3. The molecular weight excluding hydrogens is 274 g/mol. The largest absolute Gasteiger partial charge is 0.334 e. The van der Waals surface area contributed by atoms with Crippen molar-refractivity contribution in [2.75, 3.05) is 46.8 Å². The fourth-order valence-electron chi connectivity index (χ4n) is 2.18. The van der Waals surface area contributed by atoms with Crippen LogP contribution in [0.1, 0.15) is 10.5 Å². The number of rotatable bonds is 3. The zero-order valence-electron chi connectivity index (χ0n) is 12.4. The fourth-order valence-corrected chi connectivity index (χ4v) is 2.18. The molecule has 2 heterocycles. The van der Waals surface area contributed by atoms with E-state index in [-0.39, 0.29) is 11.9 Å². The second-order valence-corrected chi connectivity index (χ2v) is 5.11. The fraction of sp³-hybridized carbons (Fsp3) is 0.667. The van der Waals surface area contributed by atoms with E-state index in [9.17, 15) is 9.59 Å². The molecule has 9 heteroatoms. The number of carbonyl (C=O) groups is 2. The molecule has 0 atom stereocenters. The summed E-state index contributed by atoms with van der Waals surface area (Å²) < 4.78 is 1.55. The lowest BCUT2D eigenvalue weighted by Crippen LogP contribution is -2.52. The molecule has 0 bridgehead atoms. The van der Waals surface area contributed by atoms with E-state index >= 15 is 0 Å². The van der Waals surface area contributed by atoms with E-state index in [1.165, 1.54) is 4.90 Å². The number of nitrogens with zero attached hydrogens (tertiary/aromatic N) is 6. The lowest BCUT2D eigenvalue weighted by Gasteiger charge is -2.35. The van der Waals surface area contributed by atoms with Gasteiger partial charge in [-0.3, -0.25) is 9.48 Å². The number of amides is 3. The summed E-state index contributed by atoms with van der Waals surface area (Å²) in [4.78, 5) is 29.1. The lowest BCUT2D eigenvalue weighted by atomic mass is 10.3. The van der Waals surface area contributed by atoms with Crippen LogP contribution in [0.15, 0.2) is 6.20 Å². The van der Waals surface area contributed by atoms with Gasteiger partial charge in [0.05, 0.1) is 12.7 Å². The summed E-state index contributed by atoms with van der Waals surface area (Å²) in [6, 6.07) is -0.0315. The van der Waals surface area contributed by atoms with Crippen LogP contribution in [-0.4, -0.2) is 88.5 Å². The molecule has 0 unspecified atom stereocenters. The second kappa shape index (κ2) is 6.53. The third-order valence-corrected chi connectivity index (χ3v) is 3.34. The van der Waals surface area contributed by atoms with Gasteiger partial charge < -0.3 is 20.4 Å². The Kier molecular flexibility index (Phi) is 4.73. The Morgan fingerprint density at radius 1 is 1.24 bits per heavy atom. The number of hydrogen-bond donors (Lipinski definition) is 1. The van der Waals surface area contributed by atoms with Crippen molar-refractivity contribution in [3.05, 3.63) is 11.9 Å². The van der Waals surface area contributed by atoms with Crippen molar-refractivity contribution >= 4 is 11.9 Å². The Bertz CT molecular complexity index is 505.